The maximum absolute atomic E-state index is 12.6. The third kappa shape index (κ3) is 2.78. The molecule has 6 heteroatoms. The second-order valence-corrected chi connectivity index (χ2v) is 6.17. The molecule has 0 saturated carbocycles. The Morgan fingerprint density at radius 3 is 2.27 bits per heavy atom. The first-order chi connectivity index (χ1) is 10.3. The fourth-order valence-electron chi connectivity index (χ4n) is 2.12. The molecule has 0 aliphatic heterocycles. The Labute approximate surface area is 129 Å². The van der Waals surface area contributed by atoms with Gasteiger partial charge in [0.1, 0.15) is 5.01 Å². The third-order valence-electron chi connectivity index (χ3n) is 3.35. The molecule has 22 heavy (non-hydrogen) atoms. The van der Waals surface area contributed by atoms with Gasteiger partial charge in [-0.1, -0.05) is 12.1 Å². The third-order valence-corrected chi connectivity index (χ3v) is 4.41. The van der Waals surface area contributed by atoms with Gasteiger partial charge in [0.15, 0.2) is 0 Å². The summed E-state index contributed by atoms with van der Waals surface area (Å²) in [4.78, 5) is 6.49. The van der Waals surface area contributed by atoms with Crippen LogP contribution in [0.15, 0.2) is 42.5 Å². The minimum atomic E-state index is -4.31. The summed E-state index contributed by atoms with van der Waals surface area (Å²) in [5, 5.41) is 0.722. The summed E-state index contributed by atoms with van der Waals surface area (Å²) in [6.07, 6.45) is -4.31. The first-order valence-electron chi connectivity index (χ1n) is 6.60. The average molecular weight is 322 g/mol. The molecule has 3 aromatic rings. The number of hydrogen-bond donors (Lipinski definition) is 0. The van der Waals surface area contributed by atoms with Crippen molar-refractivity contribution in [1.82, 2.24) is 4.98 Å². The van der Waals surface area contributed by atoms with Gasteiger partial charge >= 0.3 is 6.18 Å². The fraction of sp³-hybridized carbons (Fsp3) is 0.188. The zero-order valence-electron chi connectivity index (χ0n) is 12.0. The van der Waals surface area contributed by atoms with E-state index in [1.165, 1.54) is 23.5 Å². The molecule has 0 N–H and O–H groups in total. The molecule has 0 spiro atoms. The van der Waals surface area contributed by atoms with E-state index in [0.29, 0.717) is 5.56 Å². The molecule has 3 rings (SSSR count). The lowest BCUT2D eigenvalue weighted by atomic mass is 10.1. The molecule has 1 aromatic heterocycles. The van der Waals surface area contributed by atoms with Gasteiger partial charge in [0, 0.05) is 25.3 Å². The molecule has 0 bridgehead atoms. The summed E-state index contributed by atoms with van der Waals surface area (Å²) < 4.78 is 38.8. The van der Waals surface area contributed by atoms with E-state index in [4.69, 9.17) is 0 Å². The van der Waals surface area contributed by atoms with Gasteiger partial charge in [-0.25, -0.2) is 4.98 Å². The number of benzene rings is 2. The maximum Gasteiger partial charge on any atom is 0.416 e. The fourth-order valence-corrected chi connectivity index (χ4v) is 3.12. The van der Waals surface area contributed by atoms with Crippen LogP contribution >= 0.6 is 11.3 Å². The van der Waals surface area contributed by atoms with Crippen LogP contribution in [0.4, 0.5) is 18.9 Å². The zero-order valence-corrected chi connectivity index (χ0v) is 12.8. The van der Waals surface area contributed by atoms with Crippen LogP contribution in [-0.2, 0) is 6.18 Å². The maximum atomic E-state index is 12.6. The molecule has 114 valence electrons. The molecule has 0 radical (unpaired) electrons. The van der Waals surface area contributed by atoms with Crippen LogP contribution < -0.4 is 4.90 Å². The molecule has 0 aliphatic carbocycles. The minimum Gasteiger partial charge on any atom is -0.378 e. The van der Waals surface area contributed by atoms with Crippen LogP contribution in [0.1, 0.15) is 5.56 Å². The van der Waals surface area contributed by atoms with Gasteiger partial charge in [0.2, 0.25) is 0 Å². The van der Waals surface area contributed by atoms with Crippen LogP contribution in [0, 0.1) is 0 Å². The van der Waals surface area contributed by atoms with Gasteiger partial charge in [-0.15, -0.1) is 11.3 Å². The lowest BCUT2D eigenvalue weighted by molar-refractivity contribution is -0.137. The zero-order chi connectivity index (χ0) is 15.9. The summed E-state index contributed by atoms with van der Waals surface area (Å²) in [6.45, 7) is 0. The van der Waals surface area contributed by atoms with Crippen molar-refractivity contribution in [2.45, 2.75) is 6.18 Å². The standard InChI is InChI=1S/C16H13F3N2S/c1-21(2)12-7-8-13-14(9-12)22-15(20-13)10-3-5-11(6-4-10)16(17,18)19/h3-9H,1-2H3. The van der Waals surface area contributed by atoms with Gasteiger partial charge in [-0.2, -0.15) is 13.2 Å². The van der Waals surface area contributed by atoms with E-state index in [2.05, 4.69) is 4.98 Å². The van der Waals surface area contributed by atoms with Crippen molar-refractivity contribution in [2.24, 2.45) is 0 Å². The summed E-state index contributed by atoms with van der Waals surface area (Å²) >= 11 is 1.48. The summed E-state index contributed by atoms with van der Waals surface area (Å²) in [6, 6.07) is 11.0. The molecule has 0 atom stereocenters. The number of hydrogen-bond acceptors (Lipinski definition) is 3. The lowest BCUT2D eigenvalue weighted by Gasteiger charge is -2.11. The number of aromatic nitrogens is 1. The Bertz CT molecular complexity index is 804. The number of rotatable bonds is 2. The second kappa shape index (κ2) is 5.28. The van der Waals surface area contributed by atoms with Crippen LogP contribution in [0.5, 0.6) is 0 Å². The highest BCUT2D eigenvalue weighted by atomic mass is 32.1. The van der Waals surface area contributed by atoms with Gasteiger partial charge in [-0.05, 0) is 30.3 Å². The van der Waals surface area contributed by atoms with Crippen LogP contribution in [0.3, 0.4) is 0 Å². The van der Waals surface area contributed by atoms with E-state index >= 15 is 0 Å². The highest BCUT2D eigenvalue weighted by Crippen LogP contribution is 2.34. The Morgan fingerprint density at radius 1 is 1.00 bits per heavy atom. The lowest BCUT2D eigenvalue weighted by Crippen LogP contribution is -2.07. The molecular weight excluding hydrogens is 309 g/mol. The molecule has 2 nitrogen and oxygen atoms in total. The first kappa shape index (κ1) is 14.8. The number of halogens is 3. The van der Waals surface area contributed by atoms with Crippen LogP contribution in [0.25, 0.3) is 20.8 Å². The van der Waals surface area contributed by atoms with E-state index in [1.807, 2.05) is 37.2 Å². The van der Waals surface area contributed by atoms with Crippen LogP contribution in [-0.4, -0.2) is 19.1 Å². The molecule has 0 fully saturated rings. The molecule has 0 unspecified atom stereocenters. The predicted molar refractivity (Wildman–Crippen MR) is 84.4 cm³/mol. The van der Waals surface area contributed by atoms with E-state index in [9.17, 15) is 13.2 Å². The molecule has 0 saturated heterocycles. The van der Waals surface area contributed by atoms with Gasteiger partial charge in [-0.3, -0.25) is 0 Å². The largest absolute Gasteiger partial charge is 0.416 e. The average Bonchev–Trinajstić information content (AvgIpc) is 2.89. The quantitative estimate of drug-likeness (QED) is 0.656. The number of nitrogens with zero attached hydrogens (tertiary/aromatic N) is 2. The predicted octanol–water partition coefficient (Wildman–Crippen LogP) is 5.05. The molecule has 0 amide bonds. The Kier molecular flexibility index (Phi) is 3.56. The van der Waals surface area contributed by atoms with E-state index in [-0.39, 0.29) is 0 Å². The van der Waals surface area contributed by atoms with Gasteiger partial charge in [0.25, 0.3) is 0 Å². The highest BCUT2D eigenvalue weighted by molar-refractivity contribution is 7.21. The smallest absolute Gasteiger partial charge is 0.378 e. The van der Waals surface area contributed by atoms with E-state index in [0.717, 1.165) is 33.0 Å². The second-order valence-electron chi connectivity index (χ2n) is 5.14. The SMILES string of the molecule is CN(C)c1ccc2nc(-c3ccc(C(F)(F)F)cc3)sc2c1. The molecular formula is C16H13F3N2S. The molecule has 0 aliphatic rings. The van der Waals surface area contributed by atoms with Crippen molar-refractivity contribution in [3.8, 4) is 10.6 Å². The Balaban J connectivity index is 1.99. The number of thiazole rings is 1. The minimum absolute atomic E-state index is 0.646. The monoisotopic (exact) mass is 322 g/mol. The number of alkyl halides is 3. The normalized spacial score (nSPS) is 11.9. The number of anilines is 1. The van der Waals surface area contributed by atoms with Crippen LogP contribution in [0.2, 0.25) is 0 Å². The Morgan fingerprint density at radius 2 is 1.68 bits per heavy atom. The van der Waals surface area contributed by atoms with Crippen molar-refractivity contribution in [1.29, 1.82) is 0 Å². The van der Waals surface area contributed by atoms with Crippen molar-refractivity contribution >= 4 is 27.2 Å². The summed E-state index contributed by atoms with van der Waals surface area (Å²) in [7, 11) is 3.91. The van der Waals surface area contributed by atoms with Crippen molar-refractivity contribution in [3.63, 3.8) is 0 Å². The summed E-state index contributed by atoms with van der Waals surface area (Å²) in [5.74, 6) is 0. The molecule has 2 aromatic carbocycles. The van der Waals surface area contributed by atoms with E-state index in [1.54, 1.807) is 0 Å². The van der Waals surface area contributed by atoms with Crippen molar-refractivity contribution in [2.75, 3.05) is 19.0 Å². The topological polar surface area (TPSA) is 16.1 Å². The summed E-state index contributed by atoms with van der Waals surface area (Å²) in [5.41, 5.74) is 1.97. The van der Waals surface area contributed by atoms with Gasteiger partial charge in [0.05, 0.1) is 15.8 Å². The molecule has 1 heterocycles. The highest BCUT2D eigenvalue weighted by Gasteiger charge is 2.30. The first-order valence-corrected chi connectivity index (χ1v) is 7.42. The Hall–Kier alpha value is -2.08. The van der Waals surface area contributed by atoms with Crippen molar-refractivity contribution in [3.05, 3.63) is 48.0 Å². The van der Waals surface area contributed by atoms with Gasteiger partial charge < -0.3 is 4.90 Å². The number of fused-ring (bicyclic) bond motifs is 1. The van der Waals surface area contributed by atoms with Crippen molar-refractivity contribution < 1.29 is 13.2 Å². The van der Waals surface area contributed by atoms with E-state index < -0.39 is 11.7 Å².